The molecule has 0 N–H and O–H groups in total. The molecule has 0 atom stereocenters. The predicted molar refractivity (Wildman–Crippen MR) is 99.1 cm³/mol. The van der Waals surface area contributed by atoms with Gasteiger partial charge in [-0.15, -0.1) is 0 Å². The molecule has 0 radical (unpaired) electrons. The highest BCUT2D eigenvalue weighted by Gasteiger charge is 2.29. The third kappa shape index (κ3) is 3.00. The number of furan rings is 1. The highest BCUT2D eigenvalue weighted by molar-refractivity contribution is 6.05. The number of carbonyl (C=O) groups is 1. The van der Waals surface area contributed by atoms with Gasteiger partial charge < -0.3 is 9.32 Å². The summed E-state index contributed by atoms with van der Waals surface area (Å²) in [5.74, 6) is 2.07. The molecule has 3 aromatic rings. The number of rotatable bonds is 5. The summed E-state index contributed by atoms with van der Waals surface area (Å²) in [5.41, 5.74) is 2.48. The first-order valence-electron chi connectivity index (χ1n) is 9.13. The van der Waals surface area contributed by atoms with Crippen LogP contribution in [0, 0.1) is 6.92 Å². The zero-order valence-corrected chi connectivity index (χ0v) is 15.7. The molecule has 1 aliphatic carbocycles. The fraction of sp³-hybridized carbons (Fsp3) is 0.450. The van der Waals surface area contributed by atoms with E-state index in [0.29, 0.717) is 18.0 Å². The zero-order chi connectivity index (χ0) is 18.4. The lowest BCUT2D eigenvalue weighted by Crippen LogP contribution is -2.26. The van der Waals surface area contributed by atoms with Crippen LogP contribution in [0.25, 0.3) is 11.0 Å². The minimum atomic E-state index is -0.0309. The summed E-state index contributed by atoms with van der Waals surface area (Å²) >= 11 is 0. The second kappa shape index (κ2) is 6.27. The van der Waals surface area contributed by atoms with Gasteiger partial charge in [-0.1, -0.05) is 0 Å². The van der Waals surface area contributed by atoms with Gasteiger partial charge in [-0.3, -0.25) is 4.79 Å². The quantitative estimate of drug-likeness (QED) is 0.694. The van der Waals surface area contributed by atoms with E-state index in [1.54, 1.807) is 18.1 Å². The predicted octanol–water partition coefficient (Wildman–Crippen LogP) is 4.06. The molecule has 6 nitrogen and oxygen atoms in total. The molecule has 26 heavy (non-hydrogen) atoms. The van der Waals surface area contributed by atoms with Crippen LogP contribution in [0.5, 0.6) is 0 Å². The first-order valence-corrected chi connectivity index (χ1v) is 9.13. The average Bonchev–Trinajstić information content (AvgIpc) is 3.24. The summed E-state index contributed by atoms with van der Waals surface area (Å²) in [7, 11) is 1.80. The Balaban J connectivity index is 1.73. The third-order valence-electron chi connectivity index (χ3n) is 4.84. The minimum Gasteiger partial charge on any atom is -0.464 e. The van der Waals surface area contributed by atoms with E-state index >= 15 is 0 Å². The van der Waals surface area contributed by atoms with Crippen LogP contribution in [0.3, 0.4) is 0 Å². The Morgan fingerprint density at radius 3 is 2.77 bits per heavy atom. The van der Waals surface area contributed by atoms with Crippen molar-refractivity contribution in [3.05, 3.63) is 47.2 Å². The van der Waals surface area contributed by atoms with Crippen LogP contribution in [-0.2, 0) is 6.54 Å². The maximum Gasteiger partial charge on any atom is 0.254 e. The van der Waals surface area contributed by atoms with Crippen molar-refractivity contribution in [2.24, 2.45) is 0 Å². The van der Waals surface area contributed by atoms with Crippen LogP contribution in [0.1, 0.15) is 66.2 Å². The standard InChI is InChI=1S/C20H24N4O2/c1-12(2)24-19-17(10-21-24)16(9-18(22-19)14-6-7-14)20(25)23(4)11-15-8-5-13(3)26-15/h5,8-10,12,14H,6-7,11H2,1-4H3. The fourth-order valence-electron chi connectivity index (χ4n) is 3.26. The lowest BCUT2D eigenvalue weighted by atomic mass is 10.1. The number of aromatic nitrogens is 3. The number of nitrogens with zero attached hydrogens (tertiary/aromatic N) is 4. The van der Waals surface area contributed by atoms with Crippen LogP contribution in [0.15, 0.2) is 28.8 Å². The summed E-state index contributed by atoms with van der Waals surface area (Å²) in [6.45, 7) is 6.49. The molecule has 0 bridgehead atoms. The number of aryl methyl sites for hydroxylation is 1. The van der Waals surface area contributed by atoms with Crippen LogP contribution in [0.2, 0.25) is 0 Å². The van der Waals surface area contributed by atoms with Gasteiger partial charge in [-0.05, 0) is 51.8 Å². The number of pyridine rings is 1. The molecule has 1 fully saturated rings. The first kappa shape index (κ1) is 16.8. The maximum atomic E-state index is 13.2. The van der Waals surface area contributed by atoms with E-state index in [1.165, 1.54) is 0 Å². The maximum absolute atomic E-state index is 13.2. The highest BCUT2D eigenvalue weighted by atomic mass is 16.3. The van der Waals surface area contributed by atoms with Crippen molar-refractivity contribution < 1.29 is 9.21 Å². The van der Waals surface area contributed by atoms with Gasteiger partial charge in [0.15, 0.2) is 5.65 Å². The smallest absolute Gasteiger partial charge is 0.254 e. The molecule has 1 aliphatic rings. The molecule has 0 aliphatic heterocycles. The topological polar surface area (TPSA) is 64.2 Å². The SMILES string of the molecule is Cc1ccc(CN(C)C(=O)c2cc(C3CC3)nc3c2cnn3C(C)C)o1. The molecule has 3 heterocycles. The molecule has 136 valence electrons. The zero-order valence-electron chi connectivity index (χ0n) is 15.7. The second-order valence-corrected chi connectivity index (χ2v) is 7.46. The lowest BCUT2D eigenvalue weighted by molar-refractivity contribution is 0.0776. The molecule has 4 rings (SSSR count). The van der Waals surface area contributed by atoms with Gasteiger partial charge in [-0.2, -0.15) is 5.10 Å². The highest BCUT2D eigenvalue weighted by Crippen LogP contribution is 2.40. The first-order chi connectivity index (χ1) is 12.4. The van der Waals surface area contributed by atoms with Gasteiger partial charge in [0.25, 0.3) is 5.91 Å². The Bertz CT molecular complexity index is 966. The van der Waals surface area contributed by atoms with Crippen LogP contribution < -0.4 is 0 Å². The van der Waals surface area contributed by atoms with Crippen molar-refractivity contribution in [3.63, 3.8) is 0 Å². The second-order valence-electron chi connectivity index (χ2n) is 7.46. The van der Waals surface area contributed by atoms with Crippen molar-refractivity contribution in [2.45, 2.75) is 52.1 Å². The van der Waals surface area contributed by atoms with E-state index in [9.17, 15) is 4.79 Å². The molecular formula is C20H24N4O2. The Morgan fingerprint density at radius 1 is 1.38 bits per heavy atom. The molecule has 1 saturated carbocycles. The van der Waals surface area contributed by atoms with Crippen molar-refractivity contribution in [3.8, 4) is 0 Å². The Morgan fingerprint density at radius 2 is 2.15 bits per heavy atom. The summed E-state index contributed by atoms with van der Waals surface area (Å²) in [6.07, 6.45) is 4.05. The molecule has 3 aromatic heterocycles. The van der Waals surface area contributed by atoms with Gasteiger partial charge in [-0.25, -0.2) is 9.67 Å². The van der Waals surface area contributed by atoms with Crippen LogP contribution in [-0.4, -0.2) is 32.6 Å². The number of hydrogen-bond donors (Lipinski definition) is 0. The van der Waals surface area contributed by atoms with Gasteiger partial charge in [0.2, 0.25) is 0 Å². The van der Waals surface area contributed by atoms with E-state index in [1.807, 2.05) is 29.8 Å². The molecular weight excluding hydrogens is 328 g/mol. The van der Waals surface area contributed by atoms with E-state index < -0.39 is 0 Å². The Hall–Kier alpha value is -2.63. The normalized spacial score (nSPS) is 14.3. The average molecular weight is 352 g/mol. The van der Waals surface area contributed by atoms with Crippen molar-refractivity contribution in [2.75, 3.05) is 7.05 Å². The van der Waals surface area contributed by atoms with Crippen molar-refractivity contribution >= 4 is 16.9 Å². The molecule has 0 unspecified atom stereocenters. The van der Waals surface area contributed by atoms with Crippen LogP contribution >= 0.6 is 0 Å². The number of fused-ring (bicyclic) bond motifs is 1. The van der Waals surface area contributed by atoms with Gasteiger partial charge in [0.1, 0.15) is 11.5 Å². The van der Waals surface area contributed by atoms with Gasteiger partial charge in [0.05, 0.1) is 23.7 Å². The third-order valence-corrected chi connectivity index (χ3v) is 4.84. The lowest BCUT2D eigenvalue weighted by Gasteiger charge is -2.17. The van der Waals surface area contributed by atoms with Crippen LogP contribution in [0.4, 0.5) is 0 Å². The fourth-order valence-corrected chi connectivity index (χ4v) is 3.26. The largest absolute Gasteiger partial charge is 0.464 e. The summed E-state index contributed by atoms with van der Waals surface area (Å²) in [6, 6.07) is 5.98. The van der Waals surface area contributed by atoms with E-state index in [-0.39, 0.29) is 11.9 Å². The number of carbonyl (C=O) groups excluding carboxylic acids is 1. The summed E-state index contributed by atoms with van der Waals surface area (Å²) in [4.78, 5) is 19.7. The van der Waals surface area contributed by atoms with E-state index in [4.69, 9.17) is 9.40 Å². The van der Waals surface area contributed by atoms with Gasteiger partial charge >= 0.3 is 0 Å². The molecule has 1 amide bonds. The Labute approximate surface area is 152 Å². The van der Waals surface area contributed by atoms with E-state index in [0.717, 1.165) is 41.1 Å². The molecule has 0 spiro atoms. The van der Waals surface area contributed by atoms with Gasteiger partial charge in [0, 0.05) is 24.7 Å². The monoisotopic (exact) mass is 352 g/mol. The Kier molecular flexibility index (Phi) is 4.05. The van der Waals surface area contributed by atoms with Crippen molar-refractivity contribution in [1.29, 1.82) is 0 Å². The molecule has 0 saturated heterocycles. The molecule has 6 heteroatoms. The summed E-state index contributed by atoms with van der Waals surface area (Å²) < 4.78 is 7.51. The number of hydrogen-bond acceptors (Lipinski definition) is 4. The van der Waals surface area contributed by atoms with Crippen molar-refractivity contribution in [1.82, 2.24) is 19.7 Å². The minimum absolute atomic E-state index is 0.0309. The number of amides is 1. The molecule has 0 aromatic carbocycles. The summed E-state index contributed by atoms with van der Waals surface area (Å²) in [5, 5.41) is 5.29. The van der Waals surface area contributed by atoms with E-state index in [2.05, 4.69) is 18.9 Å².